The van der Waals surface area contributed by atoms with Crippen molar-refractivity contribution < 1.29 is 4.74 Å². The second-order valence-electron chi connectivity index (χ2n) is 6.45. The molecule has 27 heavy (non-hydrogen) atoms. The third-order valence-corrected chi connectivity index (χ3v) is 4.27. The Hall–Kier alpha value is -3.49. The van der Waals surface area contributed by atoms with Crippen LogP contribution in [0.2, 0.25) is 0 Å². The van der Waals surface area contributed by atoms with Gasteiger partial charge >= 0.3 is 0 Å². The SMILES string of the molecule is COc1cccc2c(-c3cn(Cc4ccnn4C(C)C)nn3)nc(N)nc12. The second-order valence-corrected chi connectivity index (χ2v) is 6.45. The molecule has 0 fully saturated rings. The number of para-hydroxylation sites is 1. The minimum Gasteiger partial charge on any atom is -0.494 e. The van der Waals surface area contributed by atoms with Gasteiger partial charge in [0.15, 0.2) is 0 Å². The first kappa shape index (κ1) is 17.0. The van der Waals surface area contributed by atoms with Crippen molar-refractivity contribution in [2.75, 3.05) is 12.8 Å². The Bertz CT molecular complexity index is 1100. The molecule has 0 bridgehead atoms. The zero-order valence-electron chi connectivity index (χ0n) is 15.4. The van der Waals surface area contributed by atoms with Gasteiger partial charge in [0.2, 0.25) is 5.95 Å². The Morgan fingerprint density at radius 1 is 1.19 bits per heavy atom. The van der Waals surface area contributed by atoms with Crippen LogP contribution < -0.4 is 10.5 Å². The second kappa shape index (κ2) is 6.67. The molecule has 4 aromatic rings. The monoisotopic (exact) mass is 364 g/mol. The molecule has 0 aliphatic carbocycles. The molecule has 0 saturated carbocycles. The highest BCUT2D eigenvalue weighted by atomic mass is 16.5. The normalized spacial score (nSPS) is 11.4. The molecule has 0 amide bonds. The Morgan fingerprint density at radius 2 is 2.04 bits per heavy atom. The lowest BCUT2D eigenvalue weighted by Crippen LogP contribution is -2.11. The van der Waals surface area contributed by atoms with E-state index in [0.717, 1.165) is 11.1 Å². The number of nitrogens with two attached hydrogens (primary N) is 1. The lowest BCUT2D eigenvalue weighted by Gasteiger charge is -2.10. The topological polar surface area (TPSA) is 110 Å². The number of ether oxygens (including phenoxy) is 1. The van der Waals surface area contributed by atoms with Gasteiger partial charge in [0.25, 0.3) is 0 Å². The van der Waals surface area contributed by atoms with Gasteiger partial charge in [-0.25, -0.2) is 14.6 Å². The summed E-state index contributed by atoms with van der Waals surface area (Å²) in [5.74, 6) is 0.797. The van der Waals surface area contributed by atoms with Crippen LogP contribution >= 0.6 is 0 Å². The quantitative estimate of drug-likeness (QED) is 0.578. The van der Waals surface area contributed by atoms with E-state index in [1.165, 1.54) is 0 Å². The lowest BCUT2D eigenvalue weighted by atomic mass is 10.1. The predicted octanol–water partition coefficient (Wildman–Crippen LogP) is 2.30. The Balaban J connectivity index is 1.74. The molecule has 3 heterocycles. The summed E-state index contributed by atoms with van der Waals surface area (Å²) in [7, 11) is 1.60. The van der Waals surface area contributed by atoms with Crippen molar-refractivity contribution in [3.05, 3.63) is 42.4 Å². The fourth-order valence-electron chi connectivity index (χ4n) is 3.09. The zero-order chi connectivity index (χ0) is 19.0. The van der Waals surface area contributed by atoms with Crippen molar-refractivity contribution >= 4 is 16.9 Å². The Kier molecular flexibility index (Phi) is 4.19. The van der Waals surface area contributed by atoms with Gasteiger partial charge in [-0.2, -0.15) is 5.10 Å². The number of benzene rings is 1. The maximum Gasteiger partial charge on any atom is 0.221 e. The molecule has 0 aliphatic rings. The number of hydrogen-bond donors (Lipinski definition) is 1. The van der Waals surface area contributed by atoms with Gasteiger partial charge in [-0.15, -0.1) is 5.10 Å². The number of nitrogen functional groups attached to an aromatic ring is 1. The lowest BCUT2D eigenvalue weighted by molar-refractivity contribution is 0.419. The van der Waals surface area contributed by atoms with Gasteiger partial charge in [0.05, 0.1) is 25.5 Å². The van der Waals surface area contributed by atoms with Gasteiger partial charge in [0.1, 0.15) is 22.7 Å². The molecule has 0 atom stereocenters. The summed E-state index contributed by atoms with van der Waals surface area (Å²) in [5.41, 5.74) is 8.86. The molecule has 0 unspecified atom stereocenters. The number of fused-ring (bicyclic) bond motifs is 1. The first-order valence-corrected chi connectivity index (χ1v) is 8.60. The van der Waals surface area contributed by atoms with Crippen LogP contribution in [0.1, 0.15) is 25.6 Å². The highest BCUT2D eigenvalue weighted by molar-refractivity contribution is 5.95. The first-order chi connectivity index (χ1) is 13.1. The molecule has 1 aromatic carbocycles. The number of methoxy groups -OCH3 is 1. The van der Waals surface area contributed by atoms with Gasteiger partial charge in [-0.3, -0.25) is 4.68 Å². The molecule has 9 nitrogen and oxygen atoms in total. The maximum absolute atomic E-state index is 5.91. The summed E-state index contributed by atoms with van der Waals surface area (Å²) in [5, 5.41) is 13.7. The van der Waals surface area contributed by atoms with E-state index in [4.69, 9.17) is 10.5 Å². The van der Waals surface area contributed by atoms with E-state index in [2.05, 4.69) is 39.2 Å². The molecule has 9 heteroatoms. The standard InChI is InChI=1S/C18H20N8O/c1-11(2)26-12(7-8-20-26)9-25-10-14(23-24-25)16-13-5-4-6-15(27-3)17(13)22-18(19)21-16/h4-8,10-11H,9H2,1-3H3,(H2,19,21,22). The molecule has 3 aromatic heterocycles. The van der Waals surface area contributed by atoms with E-state index in [1.807, 2.05) is 35.1 Å². The summed E-state index contributed by atoms with van der Waals surface area (Å²) >= 11 is 0. The van der Waals surface area contributed by atoms with Crippen molar-refractivity contribution in [2.45, 2.75) is 26.4 Å². The van der Waals surface area contributed by atoms with Crippen LogP contribution in [0.5, 0.6) is 5.75 Å². The van der Waals surface area contributed by atoms with Crippen LogP contribution in [0, 0.1) is 0 Å². The van der Waals surface area contributed by atoms with E-state index in [-0.39, 0.29) is 12.0 Å². The van der Waals surface area contributed by atoms with Gasteiger partial charge in [-0.1, -0.05) is 17.3 Å². The van der Waals surface area contributed by atoms with Gasteiger partial charge < -0.3 is 10.5 Å². The zero-order valence-corrected chi connectivity index (χ0v) is 15.4. The van der Waals surface area contributed by atoms with Crippen molar-refractivity contribution in [1.29, 1.82) is 0 Å². The van der Waals surface area contributed by atoms with E-state index >= 15 is 0 Å². The predicted molar refractivity (Wildman–Crippen MR) is 101 cm³/mol. The third-order valence-electron chi connectivity index (χ3n) is 4.27. The van der Waals surface area contributed by atoms with Gasteiger partial charge in [-0.05, 0) is 26.0 Å². The van der Waals surface area contributed by atoms with Crippen LogP contribution in [0.25, 0.3) is 22.3 Å². The van der Waals surface area contributed by atoms with Crippen molar-refractivity contribution in [2.24, 2.45) is 0 Å². The van der Waals surface area contributed by atoms with E-state index in [0.29, 0.717) is 29.2 Å². The fraction of sp³-hybridized carbons (Fsp3) is 0.278. The Morgan fingerprint density at radius 3 is 2.81 bits per heavy atom. The molecule has 0 saturated heterocycles. The molecule has 138 valence electrons. The molecule has 0 radical (unpaired) electrons. The third kappa shape index (κ3) is 3.07. The average Bonchev–Trinajstić information content (AvgIpc) is 3.30. The average molecular weight is 364 g/mol. The highest BCUT2D eigenvalue weighted by Gasteiger charge is 2.15. The van der Waals surface area contributed by atoms with E-state index < -0.39 is 0 Å². The van der Waals surface area contributed by atoms with Crippen LogP contribution in [0.15, 0.2) is 36.7 Å². The van der Waals surface area contributed by atoms with Crippen molar-refractivity contribution in [1.82, 2.24) is 34.7 Å². The van der Waals surface area contributed by atoms with Crippen molar-refractivity contribution in [3.8, 4) is 17.1 Å². The summed E-state index contributed by atoms with van der Waals surface area (Å²) in [6, 6.07) is 7.89. The number of rotatable bonds is 5. The summed E-state index contributed by atoms with van der Waals surface area (Å²) < 4.78 is 9.11. The molecule has 0 aliphatic heterocycles. The largest absolute Gasteiger partial charge is 0.494 e. The van der Waals surface area contributed by atoms with Crippen LogP contribution in [-0.4, -0.2) is 41.9 Å². The first-order valence-electron chi connectivity index (χ1n) is 8.60. The minimum atomic E-state index is 0.162. The number of hydrogen-bond acceptors (Lipinski definition) is 7. The number of anilines is 1. The molecular formula is C18H20N8O. The summed E-state index contributed by atoms with van der Waals surface area (Å²) in [6.07, 6.45) is 3.64. The minimum absolute atomic E-state index is 0.162. The highest BCUT2D eigenvalue weighted by Crippen LogP contribution is 2.30. The van der Waals surface area contributed by atoms with Gasteiger partial charge in [0, 0.05) is 17.6 Å². The Labute approximate surface area is 155 Å². The van der Waals surface area contributed by atoms with E-state index in [1.54, 1.807) is 18.0 Å². The van der Waals surface area contributed by atoms with Crippen LogP contribution in [0.3, 0.4) is 0 Å². The fourth-order valence-corrected chi connectivity index (χ4v) is 3.09. The van der Waals surface area contributed by atoms with Crippen molar-refractivity contribution in [3.63, 3.8) is 0 Å². The maximum atomic E-state index is 5.91. The molecule has 2 N–H and O–H groups in total. The number of aromatic nitrogens is 7. The molecule has 0 spiro atoms. The summed E-state index contributed by atoms with van der Waals surface area (Å²) in [4.78, 5) is 8.69. The summed E-state index contributed by atoms with van der Waals surface area (Å²) in [6.45, 7) is 4.74. The van der Waals surface area contributed by atoms with E-state index in [9.17, 15) is 0 Å². The smallest absolute Gasteiger partial charge is 0.221 e. The molecular weight excluding hydrogens is 344 g/mol. The van der Waals surface area contributed by atoms with Crippen LogP contribution in [-0.2, 0) is 6.54 Å². The van der Waals surface area contributed by atoms with Crippen LogP contribution in [0.4, 0.5) is 5.95 Å². The number of nitrogens with zero attached hydrogens (tertiary/aromatic N) is 7. The molecule has 4 rings (SSSR count).